The number of nitrogens with zero attached hydrogens (tertiary/aromatic N) is 3. The Morgan fingerprint density at radius 2 is 1.81 bits per heavy atom. The van der Waals surface area contributed by atoms with Gasteiger partial charge >= 0.3 is 0 Å². The molecule has 0 bridgehead atoms. The zero-order valence-electron chi connectivity index (χ0n) is 21.4. The molecule has 0 saturated carbocycles. The van der Waals surface area contributed by atoms with E-state index in [1.54, 1.807) is 42.3 Å². The summed E-state index contributed by atoms with van der Waals surface area (Å²) in [7, 11) is 1.06. The summed E-state index contributed by atoms with van der Waals surface area (Å²) in [5.41, 5.74) is 8.90. The molecule has 1 heterocycles. The zero-order valence-corrected chi connectivity index (χ0v) is 23.1. The Balaban J connectivity index is 0.00000456. The van der Waals surface area contributed by atoms with Gasteiger partial charge in [-0.3, -0.25) is 4.79 Å². The van der Waals surface area contributed by atoms with Crippen LogP contribution in [0.1, 0.15) is 29.9 Å². The second-order valence-electron chi connectivity index (χ2n) is 8.99. The SMILES string of the molecule is Cc1c(-c2cccc(S(=O)(=O)N(C)C)c2)c2cc(C(=O)N(C)C(C)C)ccc2n1CC(F)=CCN.Cl. The molecule has 0 fully saturated rings. The first-order valence-corrected chi connectivity index (χ1v) is 12.8. The van der Waals surface area contributed by atoms with Gasteiger partial charge in [0.15, 0.2) is 0 Å². The number of amides is 1. The number of benzene rings is 2. The quantitative estimate of drug-likeness (QED) is 0.456. The van der Waals surface area contributed by atoms with Gasteiger partial charge in [-0.1, -0.05) is 12.1 Å². The molecule has 0 saturated heterocycles. The average molecular weight is 537 g/mol. The van der Waals surface area contributed by atoms with E-state index in [2.05, 4.69) is 0 Å². The summed E-state index contributed by atoms with van der Waals surface area (Å²) < 4.78 is 43.1. The molecule has 1 aromatic heterocycles. The zero-order chi connectivity index (χ0) is 26.1. The molecule has 0 aliphatic heterocycles. The minimum absolute atomic E-state index is 0. The van der Waals surface area contributed by atoms with Gasteiger partial charge in [-0.15, -0.1) is 12.4 Å². The van der Waals surface area contributed by atoms with Crippen LogP contribution in [0.25, 0.3) is 22.0 Å². The first kappa shape index (κ1) is 29.5. The highest BCUT2D eigenvalue weighted by Gasteiger charge is 2.23. The second kappa shape index (κ2) is 11.6. The van der Waals surface area contributed by atoms with Crippen molar-refractivity contribution in [3.63, 3.8) is 0 Å². The highest BCUT2D eigenvalue weighted by molar-refractivity contribution is 7.89. The Kier molecular flexibility index (Phi) is 9.47. The van der Waals surface area contributed by atoms with Gasteiger partial charge in [0, 0.05) is 61.5 Å². The van der Waals surface area contributed by atoms with E-state index in [9.17, 15) is 17.6 Å². The second-order valence-corrected chi connectivity index (χ2v) is 11.1. The van der Waals surface area contributed by atoms with Crippen molar-refractivity contribution in [2.24, 2.45) is 5.73 Å². The third kappa shape index (κ3) is 5.64. The number of rotatable bonds is 8. The molecule has 0 atom stereocenters. The van der Waals surface area contributed by atoms with Crippen molar-refractivity contribution in [1.29, 1.82) is 0 Å². The van der Waals surface area contributed by atoms with Crippen molar-refractivity contribution in [3.05, 3.63) is 65.6 Å². The first-order chi connectivity index (χ1) is 16.4. The lowest BCUT2D eigenvalue weighted by molar-refractivity contribution is 0.0755. The van der Waals surface area contributed by atoms with Gasteiger partial charge < -0.3 is 15.2 Å². The summed E-state index contributed by atoms with van der Waals surface area (Å²) in [6, 6.07) is 12.0. The third-order valence-electron chi connectivity index (χ3n) is 6.22. The molecular weight excluding hydrogens is 503 g/mol. The molecule has 0 aliphatic carbocycles. The first-order valence-electron chi connectivity index (χ1n) is 11.4. The average Bonchev–Trinajstić information content (AvgIpc) is 3.08. The van der Waals surface area contributed by atoms with E-state index in [1.807, 2.05) is 37.5 Å². The number of sulfonamides is 1. The fourth-order valence-electron chi connectivity index (χ4n) is 3.99. The maximum Gasteiger partial charge on any atom is 0.253 e. The fourth-order valence-corrected chi connectivity index (χ4v) is 4.94. The number of hydrogen-bond acceptors (Lipinski definition) is 4. The van der Waals surface area contributed by atoms with Gasteiger partial charge in [0.25, 0.3) is 5.91 Å². The summed E-state index contributed by atoms with van der Waals surface area (Å²) in [4.78, 5) is 14.8. The van der Waals surface area contributed by atoms with Crippen molar-refractivity contribution in [2.75, 3.05) is 27.7 Å². The van der Waals surface area contributed by atoms with Crippen LogP contribution in [0.4, 0.5) is 4.39 Å². The van der Waals surface area contributed by atoms with Crippen molar-refractivity contribution in [2.45, 2.75) is 38.3 Å². The van der Waals surface area contributed by atoms with Crippen LogP contribution in [-0.4, -0.2) is 61.8 Å². The molecule has 0 radical (unpaired) electrons. The molecule has 0 spiro atoms. The Morgan fingerprint density at radius 1 is 1.14 bits per heavy atom. The number of allylic oxidation sites excluding steroid dienone is 1. The van der Waals surface area contributed by atoms with Crippen LogP contribution in [0.3, 0.4) is 0 Å². The Labute approximate surface area is 218 Å². The molecule has 196 valence electrons. The smallest absolute Gasteiger partial charge is 0.253 e. The Bertz CT molecular complexity index is 1400. The van der Waals surface area contributed by atoms with E-state index < -0.39 is 10.0 Å². The number of carbonyl (C=O) groups is 1. The summed E-state index contributed by atoms with van der Waals surface area (Å²) in [6.07, 6.45) is 1.32. The molecule has 2 N–H and O–H groups in total. The molecule has 0 unspecified atom stereocenters. The number of fused-ring (bicyclic) bond motifs is 1. The van der Waals surface area contributed by atoms with E-state index in [1.165, 1.54) is 20.2 Å². The van der Waals surface area contributed by atoms with Gasteiger partial charge in [0.2, 0.25) is 10.0 Å². The topological polar surface area (TPSA) is 88.6 Å². The van der Waals surface area contributed by atoms with E-state index in [0.29, 0.717) is 11.1 Å². The number of carbonyl (C=O) groups excluding carboxylic acids is 1. The molecule has 2 aromatic carbocycles. The molecule has 10 heteroatoms. The summed E-state index contributed by atoms with van der Waals surface area (Å²) in [5, 5.41) is 0.741. The van der Waals surface area contributed by atoms with E-state index in [0.717, 1.165) is 26.5 Å². The molecule has 36 heavy (non-hydrogen) atoms. The lowest BCUT2D eigenvalue weighted by Gasteiger charge is -2.21. The molecule has 7 nitrogen and oxygen atoms in total. The van der Waals surface area contributed by atoms with Gasteiger partial charge in [-0.2, -0.15) is 0 Å². The van der Waals surface area contributed by atoms with E-state index in [4.69, 9.17) is 5.73 Å². The van der Waals surface area contributed by atoms with Crippen LogP contribution < -0.4 is 5.73 Å². The van der Waals surface area contributed by atoms with Crippen molar-refractivity contribution in [3.8, 4) is 11.1 Å². The van der Waals surface area contributed by atoms with Crippen LogP contribution in [0, 0.1) is 6.92 Å². The number of aromatic nitrogens is 1. The van der Waals surface area contributed by atoms with Crippen LogP contribution >= 0.6 is 12.4 Å². The maximum absolute atomic E-state index is 14.5. The summed E-state index contributed by atoms with van der Waals surface area (Å²) in [5.74, 6) is -0.501. The largest absolute Gasteiger partial charge is 0.339 e. The summed E-state index contributed by atoms with van der Waals surface area (Å²) in [6.45, 7) is 5.80. The predicted octanol–water partition coefficient (Wildman–Crippen LogP) is 4.58. The minimum Gasteiger partial charge on any atom is -0.339 e. The van der Waals surface area contributed by atoms with E-state index in [-0.39, 0.29) is 48.2 Å². The van der Waals surface area contributed by atoms with Gasteiger partial charge in [0.1, 0.15) is 5.83 Å². The summed E-state index contributed by atoms with van der Waals surface area (Å²) >= 11 is 0. The van der Waals surface area contributed by atoms with Crippen LogP contribution in [-0.2, 0) is 16.6 Å². The van der Waals surface area contributed by atoms with Gasteiger partial charge in [-0.25, -0.2) is 17.1 Å². The van der Waals surface area contributed by atoms with Crippen molar-refractivity contribution in [1.82, 2.24) is 13.8 Å². The molecule has 0 aliphatic rings. The molecule has 3 aromatic rings. The van der Waals surface area contributed by atoms with Crippen LogP contribution in [0.2, 0.25) is 0 Å². The molecule has 3 rings (SSSR count). The van der Waals surface area contributed by atoms with Gasteiger partial charge in [-0.05, 0) is 62.7 Å². The van der Waals surface area contributed by atoms with Crippen molar-refractivity contribution < 1.29 is 17.6 Å². The Morgan fingerprint density at radius 3 is 2.39 bits per heavy atom. The third-order valence-corrected chi connectivity index (χ3v) is 8.03. The predicted molar refractivity (Wildman–Crippen MR) is 146 cm³/mol. The van der Waals surface area contributed by atoms with Crippen LogP contribution in [0.5, 0.6) is 0 Å². The Hall–Kier alpha value is -2.72. The standard InChI is InChI=1S/C26H33FN4O3S.ClH/c1-17(2)30(6)26(32)20-10-11-24-23(15-20)25(18(3)31(24)16-21(27)12-13-28)19-8-7-9-22(14-19)35(33,34)29(4)5;/h7-12,14-15,17H,13,16,28H2,1-6H3;1H. The lowest BCUT2D eigenvalue weighted by atomic mass is 10.0. The normalized spacial score (nSPS) is 12.3. The highest BCUT2D eigenvalue weighted by atomic mass is 35.5. The number of halogens is 2. The maximum atomic E-state index is 14.5. The monoisotopic (exact) mass is 536 g/mol. The molecule has 1 amide bonds. The molecular formula is C26H34ClFN4O3S. The highest BCUT2D eigenvalue weighted by Crippen LogP contribution is 2.37. The van der Waals surface area contributed by atoms with E-state index >= 15 is 0 Å². The van der Waals surface area contributed by atoms with Gasteiger partial charge in [0.05, 0.1) is 11.4 Å². The number of nitrogens with two attached hydrogens (primary N) is 1. The fraction of sp³-hybridized carbons (Fsp3) is 0.346. The van der Waals surface area contributed by atoms with Crippen molar-refractivity contribution >= 4 is 39.2 Å². The van der Waals surface area contributed by atoms with Crippen LogP contribution in [0.15, 0.2) is 59.3 Å². The lowest BCUT2D eigenvalue weighted by Crippen LogP contribution is -2.32. The number of hydrogen-bond donors (Lipinski definition) is 1. The minimum atomic E-state index is -3.65.